The lowest BCUT2D eigenvalue weighted by Crippen LogP contribution is -2.18. The number of rotatable bonds is 4. The molecule has 0 atom stereocenters. The van der Waals surface area contributed by atoms with Crippen LogP contribution in [-0.2, 0) is 5.41 Å². The number of hydrogen-bond donors (Lipinski definition) is 2. The Morgan fingerprint density at radius 2 is 1.42 bits per heavy atom. The molecule has 0 aliphatic rings. The third-order valence-corrected chi connectivity index (χ3v) is 3.41. The van der Waals surface area contributed by atoms with E-state index in [1.807, 2.05) is 36.4 Å². The van der Waals surface area contributed by atoms with E-state index >= 15 is 0 Å². The molecule has 0 aliphatic heterocycles. The Morgan fingerprint density at radius 3 is 1.89 bits per heavy atom. The van der Waals surface area contributed by atoms with Crippen molar-refractivity contribution in [2.75, 3.05) is 6.73 Å². The molecule has 0 heterocycles. The van der Waals surface area contributed by atoms with Crippen LogP contribution in [0.3, 0.4) is 0 Å². The number of hydrogen-bond acceptors (Lipinski definition) is 3. The van der Waals surface area contributed by atoms with Crippen LogP contribution in [0.15, 0.2) is 48.5 Å². The summed E-state index contributed by atoms with van der Waals surface area (Å²) in [6.07, 6.45) is 0. The Balaban J connectivity index is 2.30. The average Bonchev–Trinajstić information content (AvgIpc) is 2.40. The molecule has 3 heteroatoms. The van der Waals surface area contributed by atoms with E-state index in [9.17, 15) is 5.11 Å². The fourth-order valence-corrected chi connectivity index (χ4v) is 2.11. The first kappa shape index (κ1) is 13.4. The number of aromatic hydroxyl groups is 1. The average molecular weight is 257 g/mol. The minimum Gasteiger partial charge on any atom is -0.508 e. The van der Waals surface area contributed by atoms with Crippen molar-refractivity contribution in [3.63, 3.8) is 0 Å². The van der Waals surface area contributed by atoms with E-state index in [4.69, 9.17) is 10.5 Å². The topological polar surface area (TPSA) is 55.5 Å². The Hall–Kier alpha value is -2.00. The van der Waals surface area contributed by atoms with Crippen LogP contribution in [0.25, 0.3) is 0 Å². The first-order valence-electron chi connectivity index (χ1n) is 6.27. The van der Waals surface area contributed by atoms with Crippen molar-refractivity contribution in [3.05, 3.63) is 59.7 Å². The molecule has 0 spiro atoms. The summed E-state index contributed by atoms with van der Waals surface area (Å²) in [5.41, 5.74) is 7.55. The normalized spacial score (nSPS) is 11.3. The van der Waals surface area contributed by atoms with E-state index in [0.29, 0.717) is 0 Å². The number of nitrogens with two attached hydrogens (primary N) is 1. The lowest BCUT2D eigenvalue weighted by molar-refractivity contribution is 0.329. The molecule has 0 unspecified atom stereocenters. The molecular weight excluding hydrogens is 238 g/mol. The van der Waals surface area contributed by atoms with Crippen molar-refractivity contribution in [2.45, 2.75) is 19.3 Å². The second-order valence-corrected chi connectivity index (χ2v) is 5.01. The minimum absolute atomic E-state index is 0.130. The van der Waals surface area contributed by atoms with Crippen LogP contribution in [0, 0.1) is 0 Å². The van der Waals surface area contributed by atoms with Crippen LogP contribution in [0.4, 0.5) is 0 Å². The molecule has 3 nitrogen and oxygen atoms in total. The SMILES string of the molecule is CC(C)(c1ccc(O)cc1)c1ccc(OCN)cc1. The Bertz CT molecular complexity index is 530. The van der Waals surface area contributed by atoms with Crippen LogP contribution >= 0.6 is 0 Å². The molecule has 3 N–H and O–H groups in total. The van der Waals surface area contributed by atoms with Gasteiger partial charge in [-0.3, -0.25) is 5.73 Å². The maximum absolute atomic E-state index is 9.36. The fourth-order valence-electron chi connectivity index (χ4n) is 2.11. The van der Waals surface area contributed by atoms with Gasteiger partial charge in [0.1, 0.15) is 18.2 Å². The van der Waals surface area contributed by atoms with Crippen LogP contribution in [0.1, 0.15) is 25.0 Å². The maximum Gasteiger partial charge on any atom is 0.137 e. The van der Waals surface area contributed by atoms with Gasteiger partial charge in [0.15, 0.2) is 0 Å². The van der Waals surface area contributed by atoms with Gasteiger partial charge in [-0.05, 0) is 35.4 Å². The molecule has 0 amide bonds. The molecule has 19 heavy (non-hydrogen) atoms. The van der Waals surface area contributed by atoms with Crippen molar-refractivity contribution >= 4 is 0 Å². The van der Waals surface area contributed by atoms with Gasteiger partial charge in [0.25, 0.3) is 0 Å². The highest BCUT2D eigenvalue weighted by molar-refractivity contribution is 5.41. The zero-order chi connectivity index (χ0) is 13.9. The van der Waals surface area contributed by atoms with Crippen molar-refractivity contribution < 1.29 is 9.84 Å². The highest BCUT2D eigenvalue weighted by Crippen LogP contribution is 2.33. The fraction of sp³-hybridized carbons (Fsp3) is 0.250. The molecule has 100 valence electrons. The summed E-state index contributed by atoms with van der Waals surface area (Å²) in [6.45, 7) is 4.48. The minimum atomic E-state index is -0.130. The number of ether oxygens (including phenoxy) is 1. The summed E-state index contributed by atoms with van der Waals surface area (Å²) in [6, 6.07) is 15.2. The van der Waals surface area contributed by atoms with Gasteiger partial charge in [0, 0.05) is 5.41 Å². The molecule has 0 radical (unpaired) electrons. The van der Waals surface area contributed by atoms with Crippen molar-refractivity contribution in [1.82, 2.24) is 0 Å². The van der Waals surface area contributed by atoms with Crippen LogP contribution in [0.2, 0.25) is 0 Å². The van der Waals surface area contributed by atoms with Crippen molar-refractivity contribution in [3.8, 4) is 11.5 Å². The Labute approximate surface area is 113 Å². The number of phenols is 1. The van der Waals surface area contributed by atoms with Gasteiger partial charge < -0.3 is 9.84 Å². The molecular formula is C16H19NO2. The maximum atomic E-state index is 9.36. The van der Waals surface area contributed by atoms with Gasteiger partial charge >= 0.3 is 0 Å². The molecule has 0 bridgehead atoms. The van der Waals surface area contributed by atoms with Gasteiger partial charge in [0.2, 0.25) is 0 Å². The first-order chi connectivity index (χ1) is 9.04. The summed E-state index contributed by atoms with van der Waals surface area (Å²) in [4.78, 5) is 0. The van der Waals surface area contributed by atoms with Crippen LogP contribution in [0.5, 0.6) is 11.5 Å². The van der Waals surface area contributed by atoms with Crippen LogP contribution in [-0.4, -0.2) is 11.8 Å². The van der Waals surface area contributed by atoms with E-state index in [1.54, 1.807) is 12.1 Å². The lowest BCUT2D eigenvalue weighted by Gasteiger charge is -2.26. The second kappa shape index (κ2) is 5.33. The van der Waals surface area contributed by atoms with Gasteiger partial charge in [-0.1, -0.05) is 38.1 Å². The predicted molar refractivity (Wildman–Crippen MR) is 76.4 cm³/mol. The zero-order valence-electron chi connectivity index (χ0n) is 11.3. The van der Waals surface area contributed by atoms with Gasteiger partial charge in [-0.25, -0.2) is 0 Å². The van der Waals surface area contributed by atoms with Gasteiger partial charge in [-0.15, -0.1) is 0 Å². The lowest BCUT2D eigenvalue weighted by atomic mass is 9.78. The van der Waals surface area contributed by atoms with Gasteiger partial charge in [-0.2, -0.15) is 0 Å². The summed E-state index contributed by atoms with van der Waals surface area (Å²) in [5.74, 6) is 1.05. The van der Waals surface area contributed by atoms with Crippen molar-refractivity contribution in [2.24, 2.45) is 5.73 Å². The molecule has 0 fully saturated rings. The molecule has 0 saturated carbocycles. The monoisotopic (exact) mass is 257 g/mol. The summed E-state index contributed by atoms with van der Waals surface area (Å²) >= 11 is 0. The molecule has 2 aromatic rings. The molecule has 2 aromatic carbocycles. The molecule has 2 rings (SSSR count). The Morgan fingerprint density at radius 1 is 0.947 bits per heavy atom. The largest absolute Gasteiger partial charge is 0.508 e. The third-order valence-electron chi connectivity index (χ3n) is 3.41. The summed E-state index contributed by atoms with van der Waals surface area (Å²) < 4.78 is 5.24. The third kappa shape index (κ3) is 2.88. The summed E-state index contributed by atoms with van der Waals surface area (Å²) in [5, 5.41) is 9.36. The standard InChI is InChI=1S/C16H19NO2/c1-16(2,12-3-7-14(18)8-4-12)13-5-9-15(10-6-13)19-11-17/h3-10,18H,11,17H2,1-2H3. The quantitative estimate of drug-likeness (QED) is 0.828. The van der Waals surface area contributed by atoms with E-state index < -0.39 is 0 Å². The van der Waals surface area contributed by atoms with E-state index in [2.05, 4.69) is 13.8 Å². The van der Waals surface area contributed by atoms with Crippen molar-refractivity contribution in [1.29, 1.82) is 0 Å². The summed E-state index contributed by atoms with van der Waals surface area (Å²) in [7, 11) is 0. The Kier molecular flexibility index (Phi) is 3.76. The number of phenolic OH excluding ortho intramolecular Hbond substituents is 1. The first-order valence-corrected chi connectivity index (χ1v) is 6.27. The van der Waals surface area contributed by atoms with E-state index in [-0.39, 0.29) is 17.9 Å². The van der Waals surface area contributed by atoms with Crippen LogP contribution < -0.4 is 10.5 Å². The van der Waals surface area contributed by atoms with E-state index in [1.165, 1.54) is 5.56 Å². The molecule has 0 saturated heterocycles. The highest BCUT2D eigenvalue weighted by Gasteiger charge is 2.22. The molecule has 0 aliphatic carbocycles. The highest BCUT2D eigenvalue weighted by atomic mass is 16.5. The molecule has 0 aromatic heterocycles. The second-order valence-electron chi connectivity index (χ2n) is 5.01. The zero-order valence-corrected chi connectivity index (χ0v) is 11.3. The predicted octanol–water partition coefficient (Wildman–Crippen LogP) is 3.01. The van der Waals surface area contributed by atoms with E-state index in [0.717, 1.165) is 11.3 Å². The van der Waals surface area contributed by atoms with Gasteiger partial charge in [0.05, 0.1) is 0 Å². The number of benzene rings is 2. The smallest absolute Gasteiger partial charge is 0.137 e.